The van der Waals surface area contributed by atoms with Gasteiger partial charge in [0.05, 0.1) is 17.9 Å². The molecule has 0 N–H and O–H groups in total. The number of fused-ring (bicyclic) bond motifs is 1. The Kier molecular flexibility index (Phi) is 5.24. The van der Waals surface area contributed by atoms with Gasteiger partial charge in [-0.15, -0.1) is 0 Å². The van der Waals surface area contributed by atoms with Crippen molar-refractivity contribution in [3.05, 3.63) is 53.1 Å². The molecular weight excluding hydrogens is 342 g/mol. The zero-order valence-electron chi connectivity index (χ0n) is 13.8. The Labute approximate surface area is 151 Å². The number of carbonyl (C=O) groups excluding carboxylic acids is 2. The molecule has 0 spiro atoms. The minimum absolute atomic E-state index is 0.0888. The summed E-state index contributed by atoms with van der Waals surface area (Å²) in [6.07, 6.45) is 0.641. The summed E-state index contributed by atoms with van der Waals surface area (Å²) >= 11 is 6.11. The molecule has 25 heavy (non-hydrogen) atoms. The van der Waals surface area contributed by atoms with Gasteiger partial charge in [0.1, 0.15) is 5.75 Å². The van der Waals surface area contributed by atoms with Gasteiger partial charge in [-0.3, -0.25) is 9.59 Å². The van der Waals surface area contributed by atoms with Crippen LogP contribution in [0.3, 0.4) is 0 Å². The van der Waals surface area contributed by atoms with Crippen LogP contribution in [0.4, 0.5) is 5.69 Å². The molecule has 0 aromatic heterocycles. The van der Waals surface area contributed by atoms with Gasteiger partial charge < -0.3 is 14.4 Å². The summed E-state index contributed by atoms with van der Waals surface area (Å²) in [5.41, 5.74) is 0.925. The van der Waals surface area contributed by atoms with Crippen LogP contribution in [0, 0.1) is 0 Å². The average molecular weight is 360 g/mol. The van der Waals surface area contributed by atoms with Gasteiger partial charge in [0.25, 0.3) is 5.91 Å². The summed E-state index contributed by atoms with van der Waals surface area (Å²) in [6.45, 7) is 2.29. The molecule has 1 aliphatic heterocycles. The maximum absolute atomic E-state index is 12.2. The van der Waals surface area contributed by atoms with E-state index in [1.807, 2.05) is 30.3 Å². The number of rotatable bonds is 6. The summed E-state index contributed by atoms with van der Waals surface area (Å²) in [5, 5.41) is 0.396. The van der Waals surface area contributed by atoms with Crippen LogP contribution in [0.15, 0.2) is 42.5 Å². The zero-order chi connectivity index (χ0) is 17.8. The van der Waals surface area contributed by atoms with E-state index in [-0.39, 0.29) is 18.3 Å². The Morgan fingerprint density at radius 1 is 1.28 bits per heavy atom. The van der Waals surface area contributed by atoms with E-state index in [2.05, 4.69) is 0 Å². The maximum atomic E-state index is 12.2. The van der Waals surface area contributed by atoms with Crippen LogP contribution in [-0.2, 0) is 4.79 Å². The van der Waals surface area contributed by atoms with Crippen LogP contribution in [-0.4, -0.2) is 31.4 Å². The number of amides is 1. The lowest BCUT2D eigenvalue weighted by Crippen LogP contribution is -2.40. The highest BCUT2D eigenvalue weighted by atomic mass is 35.5. The molecule has 0 saturated carbocycles. The molecule has 0 atom stereocenters. The van der Waals surface area contributed by atoms with Crippen molar-refractivity contribution in [3.8, 4) is 11.5 Å². The van der Waals surface area contributed by atoms with Gasteiger partial charge in [-0.05, 0) is 37.6 Å². The molecule has 0 bridgehead atoms. The smallest absolute Gasteiger partial charge is 0.265 e. The molecule has 1 amide bonds. The number of hydrogen-bond donors (Lipinski definition) is 0. The van der Waals surface area contributed by atoms with E-state index in [0.717, 1.165) is 5.75 Å². The molecule has 2 aromatic rings. The molecule has 0 unspecified atom stereocenters. The summed E-state index contributed by atoms with van der Waals surface area (Å²) in [6, 6.07) is 12.7. The normalized spacial score (nSPS) is 13.2. The van der Waals surface area contributed by atoms with Gasteiger partial charge in [-0.2, -0.15) is 0 Å². The second kappa shape index (κ2) is 7.57. The van der Waals surface area contributed by atoms with Crippen molar-refractivity contribution in [3.63, 3.8) is 0 Å². The van der Waals surface area contributed by atoms with Gasteiger partial charge in [-0.25, -0.2) is 0 Å². The monoisotopic (exact) mass is 359 g/mol. The fourth-order valence-corrected chi connectivity index (χ4v) is 2.93. The maximum Gasteiger partial charge on any atom is 0.265 e. The lowest BCUT2D eigenvalue weighted by molar-refractivity contribution is -0.121. The molecule has 0 saturated heterocycles. The highest BCUT2D eigenvalue weighted by Gasteiger charge is 2.29. The standard InChI is InChI=1S/C19H18ClNO4/c1-13(22)16-10-14(20)11-17-19(16)25-12-18(23)21(17)8-5-9-24-15-6-3-2-4-7-15/h2-4,6-7,10-11H,5,8-9,12H2,1H3. The van der Waals surface area contributed by atoms with Crippen LogP contribution in [0.5, 0.6) is 11.5 Å². The first-order chi connectivity index (χ1) is 12.1. The third kappa shape index (κ3) is 3.94. The predicted molar refractivity (Wildman–Crippen MR) is 95.9 cm³/mol. The number of halogens is 1. The summed E-state index contributed by atoms with van der Waals surface area (Å²) in [4.78, 5) is 25.7. The molecule has 0 aliphatic carbocycles. The second-order valence-corrected chi connectivity index (χ2v) is 6.14. The molecule has 1 aliphatic rings. The summed E-state index contributed by atoms with van der Waals surface area (Å²) < 4.78 is 11.1. The first kappa shape index (κ1) is 17.3. The van der Waals surface area contributed by atoms with Gasteiger partial charge in [0.15, 0.2) is 18.1 Å². The molecular formula is C19H18ClNO4. The van der Waals surface area contributed by atoms with Gasteiger partial charge in [0.2, 0.25) is 0 Å². The molecule has 1 heterocycles. The SMILES string of the molecule is CC(=O)c1cc(Cl)cc2c1OCC(=O)N2CCCOc1ccccc1. The fraction of sp³-hybridized carbons (Fsp3) is 0.263. The first-order valence-corrected chi connectivity index (χ1v) is 8.39. The molecule has 5 nitrogen and oxygen atoms in total. The van der Waals surface area contributed by atoms with Crippen molar-refractivity contribution in [1.82, 2.24) is 0 Å². The number of carbonyl (C=O) groups is 2. The lowest BCUT2D eigenvalue weighted by atomic mass is 10.1. The van der Waals surface area contributed by atoms with E-state index in [1.54, 1.807) is 17.0 Å². The Morgan fingerprint density at radius 3 is 2.76 bits per heavy atom. The van der Waals surface area contributed by atoms with Crippen molar-refractivity contribution in [2.75, 3.05) is 24.7 Å². The van der Waals surface area contributed by atoms with E-state index >= 15 is 0 Å². The number of Topliss-reactive ketones (excluding diaryl/α,β-unsaturated/α-hetero) is 1. The van der Waals surface area contributed by atoms with Gasteiger partial charge >= 0.3 is 0 Å². The number of nitrogens with zero attached hydrogens (tertiary/aromatic N) is 1. The number of ether oxygens (including phenoxy) is 2. The largest absolute Gasteiger partial charge is 0.494 e. The molecule has 6 heteroatoms. The number of ketones is 1. The Hall–Kier alpha value is -2.53. The quantitative estimate of drug-likeness (QED) is 0.582. The highest BCUT2D eigenvalue weighted by Crippen LogP contribution is 2.38. The van der Waals surface area contributed by atoms with Crippen LogP contribution < -0.4 is 14.4 Å². The minimum Gasteiger partial charge on any atom is -0.494 e. The van der Waals surface area contributed by atoms with Crippen LogP contribution >= 0.6 is 11.6 Å². The number of para-hydroxylation sites is 1. The Bertz CT molecular complexity index is 792. The van der Waals surface area contributed by atoms with Crippen LogP contribution in [0.1, 0.15) is 23.7 Å². The Morgan fingerprint density at radius 2 is 2.04 bits per heavy atom. The third-order valence-corrected chi connectivity index (χ3v) is 4.10. The molecule has 2 aromatic carbocycles. The van der Waals surface area contributed by atoms with E-state index in [0.29, 0.717) is 41.6 Å². The van der Waals surface area contributed by atoms with Crippen LogP contribution in [0.25, 0.3) is 0 Å². The number of benzene rings is 2. The zero-order valence-corrected chi connectivity index (χ0v) is 14.6. The number of hydrogen-bond acceptors (Lipinski definition) is 4. The summed E-state index contributed by atoms with van der Waals surface area (Å²) in [7, 11) is 0. The van der Waals surface area contributed by atoms with Gasteiger partial charge in [0, 0.05) is 11.6 Å². The van der Waals surface area contributed by atoms with E-state index in [9.17, 15) is 9.59 Å². The van der Waals surface area contributed by atoms with Crippen molar-refractivity contribution in [2.24, 2.45) is 0 Å². The Balaban J connectivity index is 1.72. The van der Waals surface area contributed by atoms with Gasteiger partial charge in [-0.1, -0.05) is 29.8 Å². The van der Waals surface area contributed by atoms with E-state index in [4.69, 9.17) is 21.1 Å². The fourth-order valence-electron chi connectivity index (χ4n) is 2.71. The van der Waals surface area contributed by atoms with Crippen LogP contribution in [0.2, 0.25) is 5.02 Å². The topological polar surface area (TPSA) is 55.8 Å². The van der Waals surface area contributed by atoms with E-state index in [1.165, 1.54) is 6.92 Å². The summed E-state index contributed by atoms with van der Waals surface area (Å²) in [5.74, 6) is 0.892. The second-order valence-electron chi connectivity index (χ2n) is 5.71. The lowest BCUT2D eigenvalue weighted by Gasteiger charge is -2.30. The van der Waals surface area contributed by atoms with E-state index < -0.39 is 0 Å². The first-order valence-electron chi connectivity index (χ1n) is 8.02. The average Bonchev–Trinajstić information content (AvgIpc) is 2.60. The highest BCUT2D eigenvalue weighted by molar-refractivity contribution is 6.31. The van der Waals surface area contributed by atoms with Crippen molar-refractivity contribution in [2.45, 2.75) is 13.3 Å². The predicted octanol–water partition coefficient (Wildman–Crippen LogP) is 3.74. The van der Waals surface area contributed by atoms with Crippen molar-refractivity contribution in [1.29, 1.82) is 0 Å². The molecule has 0 radical (unpaired) electrons. The number of anilines is 1. The minimum atomic E-state index is -0.163. The van der Waals surface area contributed by atoms with Crippen molar-refractivity contribution < 1.29 is 19.1 Å². The molecule has 3 rings (SSSR count). The molecule has 0 fully saturated rings. The third-order valence-electron chi connectivity index (χ3n) is 3.88. The van der Waals surface area contributed by atoms with Crippen molar-refractivity contribution >= 4 is 29.0 Å². The molecule has 130 valence electrons.